The van der Waals surface area contributed by atoms with Gasteiger partial charge in [0.1, 0.15) is 0 Å². The Labute approximate surface area is 138 Å². The summed E-state index contributed by atoms with van der Waals surface area (Å²) in [4.78, 5) is 12.8. The molecule has 0 bridgehead atoms. The van der Waals surface area contributed by atoms with Crippen molar-refractivity contribution >= 4 is 16.8 Å². The molecule has 4 nitrogen and oxygen atoms in total. The Morgan fingerprint density at radius 1 is 1.09 bits per heavy atom. The molecule has 0 heterocycles. The van der Waals surface area contributed by atoms with Crippen molar-refractivity contribution in [3.63, 3.8) is 0 Å². The van der Waals surface area contributed by atoms with E-state index in [4.69, 9.17) is 0 Å². The van der Waals surface area contributed by atoms with Gasteiger partial charge in [0, 0.05) is 34.5 Å². The fourth-order valence-corrected chi connectivity index (χ4v) is 3.40. The molecule has 5 heteroatoms. The lowest BCUT2D eigenvalue weighted by molar-refractivity contribution is 0.237. The Balaban J connectivity index is 1.48. The molecule has 3 rings (SSSR count). The highest BCUT2D eigenvalue weighted by Crippen LogP contribution is 2.21. The van der Waals surface area contributed by atoms with E-state index in [1.54, 1.807) is 6.26 Å². The van der Waals surface area contributed by atoms with Gasteiger partial charge in [0.25, 0.3) is 0 Å². The summed E-state index contributed by atoms with van der Waals surface area (Å²) in [5.41, 5.74) is 3.63. The van der Waals surface area contributed by atoms with Crippen LogP contribution in [-0.2, 0) is 30.2 Å². The van der Waals surface area contributed by atoms with Crippen molar-refractivity contribution in [2.45, 2.75) is 30.3 Å². The van der Waals surface area contributed by atoms with E-state index < -0.39 is 10.8 Å². The SMILES string of the molecule is C[S@](=O)c1ccc(CNC(=O)NC2Cc3ccccc3C2)cc1. The zero-order chi connectivity index (χ0) is 16.2. The maximum absolute atomic E-state index is 12.0. The van der Waals surface area contributed by atoms with E-state index >= 15 is 0 Å². The highest BCUT2D eigenvalue weighted by Gasteiger charge is 2.22. The van der Waals surface area contributed by atoms with Crippen LogP contribution in [0.2, 0.25) is 0 Å². The number of hydrogen-bond donors (Lipinski definition) is 2. The number of fused-ring (bicyclic) bond motifs is 1. The number of rotatable bonds is 4. The quantitative estimate of drug-likeness (QED) is 0.905. The van der Waals surface area contributed by atoms with Crippen LogP contribution < -0.4 is 10.6 Å². The summed E-state index contributed by atoms with van der Waals surface area (Å²) in [6, 6.07) is 15.8. The standard InChI is InChI=1S/C18H20N2O2S/c1-23(22)17-8-6-13(7-9-17)12-19-18(21)20-16-10-14-4-2-3-5-15(14)11-16/h2-9,16H,10-12H2,1H3,(H2,19,20,21)/t23-/m0/s1. The minimum atomic E-state index is -0.972. The number of benzene rings is 2. The fourth-order valence-electron chi connectivity index (χ4n) is 2.88. The molecule has 0 saturated carbocycles. The number of hydrogen-bond acceptors (Lipinski definition) is 2. The molecule has 0 fully saturated rings. The second kappa shape index (κ2) is 6.96. The summed E-state index contributed by atoms with van der Waals surface area (Å²) in [7, 11) is -0.972. The van der Waals surface area contributed by atoms with Gasteiger partial charge in [-0.2, -0.15) is 0 Å². The van der Waals surface area contributed by atoms with E-state index in [0.717, 1.165) is 23.3 Å². The summed E-state index contributed by atoms with van der Waals surface area (Å²) in [5, 5.41) is 5.90. The van der Waals surface area contributed by atoms with Crippen LogP contribution in [0.5, 0.6) is 0 Å². The van der Waals surface area contributed by atoms with Gasteiger partial charge in [-0.1, -0.05) is 36.4 Å². The zero-order valence-corrected chi connectivity index (χ0v) is 13.9. The van der Waals surface area contributed by atoms with Crippen molar-refractivity contribution < 1.29 is 9.00 Å². The molecule has 1 atom stereocenters. The van der Waals surface area contributed by atoms with Gasteiger partial charge in [-0.05, 0) is 41.7 Å². The number of nitrogens with one attached hydrogen (secondary N) is 2. The number of urea groups is 1. The molecular formula is C18H20N2O2S. The van der Waals surface area contributed by atoms with Gasteiger partial charge < -0.3 is 10.6 Å². The first-order valence-electron chi connectivity index (χ1n) is 7.65. The highest BCUT2D eigenvalue weighted by molar-refractivity contribution is 7.84. The van der Waals surface area contributed by atoms with Gasteiger partial charge in [0.05, 0.1) is 0 Å². The Kier molecular flexibility index (Phi) is 4.76. The monoisotopic (exact) mass is 328 g/mol. The van der Waals surface area contributed by atoms with Crippen LogP contribution in [0, 0.1) is 0 Å². The molecule has 0 saturated heterocycles. The van der Waals surface area contributed by atoms with Gasteiger partial charge in [-0.25, -0.2) is 4.79 Å². The van der Waals surface area contributed by atoms with Crippen LogP contribution >= 0.6 is 0 Å². The number of amides is 2. The first kappa shape index (κ1) is 15.7. The van der Waals surface area contributed by atoms with Gasteiger partial charge in [0.15, 0.2) is 0 Å². The molecule has 23 heavy (non-hydrogen) atoms. The fraction of sp³-hybridized carbons (Fsp3) is 0.278. The average Bonchev–Trinajstić information content (AvgIpc) is 2.95. The molecule has 2 aromatic rings. The van der Waals surface area contributed by atoms with Crippen molar-refractivity contribution in [3.8, 4) is 0 Å². The summed E-state index contributed by atoms with van der Waals surface area (Å²) in [6.07, 6.45) is 3.43. The Bertz CT molecular complexity index is 703. The average molecular weight is 328 g/mol. The lowest BCUT2D eigenvalue weighted by Gasteiger charge is -2.13. The lowest BCUT2D eigenvalue weighted by atomic mass is 10.1. The van der Waals surface area contributed by atoms with E-state index in [-0.39, 0.29) is 12.1 Å². The van der Waals surface area contributed by atoms with E-state index in [1.165, 1.54) is 11.1 Å². The van der Waals surface area contributed by atoms with Crippen molar-refractivity contribution in [1.29, 1.82) is 0 Å². The van der Waals surface area contributed by atoms with Gasteiger partial charge in [-0.15, -0.1) is 0 Å². The van der Waals surface area contributed by atoms with Crippen LogP contribution in [0.3, 0.4) is 0 Å². The van der Waals surface area contributed by atoms with E-state index in [2.05, 4.69) is 22.8 Å². The maximum atomic E-state index is 12.0. The van der Waals surface area contributed by atoms with Crippen molar-refractivity contribution in [2.24, 2.45) is 0 Å². The molecule has 2 aromatic carbocycles. The second-order valence-electron chi connectivity index (χ2n) is 5.80. The van der Waals surface area contributed by atoms with E-state index in [0.29, 0.717) is 6.54 Å². The smallest absolute Gasteiger partial charge is 0.315 e. The minimum Gasteiger partial charge on any atom is -0.335 e. The maximum Gasteiger partial charge on any atom is 0.315 e. The first-order chi connectivity index (χ1) is 11.1. The van der Waals surface area contributed by atoms with Gasteiger partial charge >= 0.3 is 6.03 Å². The number of carbonyl (C=O) groups is 1. The summed E-state index contributed by atoms with van der Waals surface area (Å²) in [6.45, 7) is 0.460. The third kappa shape index (κ3) is 3.99. The molecule has 2 N–H and O–H groups in total. The predicted octanol–water partition coefficient (Wildman–Crippen LogP) is 2.39. The summed E-state index contributed by atoms with van der Waals surface area (Å²) >= 11 is 0. The van der Waals surface area contributed by atoms with Crippen LogP contribution in [0.1, 0.15) is 16.7 Å². The molecular weight excluding hydrogens is 308 g/mol. The van der Waals surface area contributed by atoms with Crippen molar-refractivity contribution in [3.05, 3.63) is 65.2 Å². The van der Waals surface area contributed by atoms with E-state index in [1.807, 2.05) is 36.4 Å². The Morgan fingerprint density at radius 3 is 2.26 bits per heavy atom. The van der Waals surface area contributed by atoms with Crippen molar-refractivity contribution in [2.75, 3.05) is 6.26 Å². The predicted molar refractivity (Wildman–Crippen MR) is 91.8 cm³/mol. The second-order valence-corrected chi connectivity index (χ2v) is 7.18. The lowest BCUT2D eigenvalue weighted by Crippen LogP contribution is -2.42. The minimum absolute atomic E-state index is 0.147. The Hall–Kier alpha value is -2.14. The summed E-state index contributed by atoms with van der Waals surface area (Å²) < 4.78 is 11.3. The molecule has 1 aliphatic rings. The summed E-state index contributed by atoms with van der Waals surface area (Å²) in [5.74, 6) is 0. The first-order valence-corrected chi connectivity index (χ1v) is 9.21. The van der Waals surface area contributed by atoms with Crippen LogP contribution in [0.15, 0.2) is 53.4 Å². The Morgan fingerprint density at radius 2 is 1.70 bits per heavy atom. The zero-order valence-electron chi connectivity index (χ0n) is 13.0. The highest BCUT2D eigenvalue weighted by atomic mass is 32.2. The largest absolute Gasteiger partial charge is 0.335 e. The molecule has 0 aliphatic heterocycles. The molecule has 120 valence electrons. The number of carbonyl (C=O) groups excluding carboxylic acids is 1. The molecule has 0 spiro atoms. The third-order valence-electron chi connectivity index (χ3n) is 4.09. The molecule has 2 amide bonds. The van der Waals surface area contributed by atoms with Crippen LogP contribution in [0.4, 0.5) is 4.79 Å². The molecule has 0 radical (unpaired) electrons. The van der Waals surface area contributed by atoms with Gasteiger partial charge in [0.2, 0.25) is 0 Å². The molecule has 1 aliphatic carbocycles. The van der Waals surface area contributed by atoms with Crippen LogP contribution in [0.25, 0.3) is 0 Å². The van der Waals surface area contributed by atoms with Crippen molar-refractivity contribution in [1.82, 2.24) is 10.6 Å². The van der Waals surface area contributed by atoms with Crippen LogP contribution in [-0.4, -0.2) is 22.5 Å². The normalized spacial score (nSPS) is 15.0. The van der Waals surface area contributed by atoms with E-state index in [9.17, 15) is 9.00 Å². The topological polar surface area (TPSA) is 58.2 Å². The molecule has 0 aromatic heterocycles. The molecule has 0 unspecified atom stereocenters. The van der Waals surface area contributed by atoms with Gasteiger partial charge in [-0.3, -0.25) is 4.21 Å². The third-order valence-corrected chi connectivity index (χ3v) is 5.03.